The quantitative estimate of drug-likeness (QED) is 0.841. The average molecular weight is 288 g/mol. The van der Waals surface area contributed by atoms with Gasteiger partial charge in [0.1, 0.15) is 5.82 Å². The van der Waals surface area contributed by atoms with E-state index in [4.69, 9.17) is 0 Å². The number of aromatic nitrogens is 3. The Morgan fingerprint density at radius 2 is 2.10 bits per heavy atom. The molecule has 0 bridgehead atoms. The second-order valence-corrected chi connectivity index (χ2v) is 4.84. The maximum Gasteiger partial charge on any atom is 0.328 e. The van der Waals surface area contributed by atoms with Crippen LogP contribution >= 0.6 is 0 Å². The third-order valence-corrected chi connectivity index (χ3v) is 3.16. The second-order valence-electron chi connectivity index (χ2n) is 4.84. The first-order valence-corrected chi connectivity index (χ1v) is 7.16. The molecule has 0 atom stereocenters. The lowest BCUT2D eigenvalue weighted by Crippen LogP contribution is -2.32. The molecule has 0 spiro atoms. The number of hydrogen-bond donors (Lipinski definition) is 2. The predicted molar refractivity (Wildman–Crippen MR) is 82.8 cm³/mol. The molecule has 2 aromatic rings. The van der Waals surface area contributed by atoms with Crippen LogP contribution in [0.5, 0.6) is 0 Å². The molecule has 21 heavy (non-hydrogen) atoms. The van der Waals surface area contributed by atoms with Crippen molar-refractivity contribution in [1.82, 2.24) is 14.5 Å². The maximum atomic E-state index is 11.8. The van der Waals surface area contributed by atoms with Gasteiger partial charge in [0.2, 0.25) is 0 Å². The van der Waals surface area contributed by atoms with Gasteiger partial charge in [-0.05, 0) is 25.0 Å². The van der Waals surface area contributed by atoms with Crippen LogP contribution in [0.15, 0.2) is 34.0 Å². The third kappa shape index (κ3) is 3.81. The van der Waals surface area contributed by atoms with Crippen LogP contribution in [0, 0.1) is 0 Å². The van der Waals surface area contributed by atoms with Crippen molar-refractivity contribution in [1.29, 1.82) is 0 Å². The van der Waals surface area contributed by atoms with Crippen molar-refractivity contribution < 1.29 is 0 Å². The molecule has 0 aliphatic carbocycles. The predicted octanol–water partition coefficient (Wildman–Crippen LogP) is 1.36. The van der Waals surface area contributed by atoms with E-state index in [2.05, 4.69) is 22.2 Å². The minimum Gasteiger partial charge on any atom is -0.370 e. The fourth-order valence-corrected chi connectivity index (χ4v) is 2.02. The van der Waals surface area contributed by atoms with Crippen LogP contribution in [0.25, 0.3) is 0 Å². The van der Waals surface area contributed by atoms with E-state index in [0.717, 1.165) is 24.5 Å². The summed E-state index contributed by atoms with van der Waals surface area (Å²) in [4.78, 5) is 30.2. The Kier molecular flexibility index (Phi) is 4.92. The molecule has 0 aromatic carbocycles. The third-order valence-electron chi connectivity index (χ3n) is 3.16. The molecule has 0 saturated carbocycles. The van der Waals surface area contributed by atoms with Crippen LogP contribution in [0.2, 0.25) is 0 Å². The zero-order valence-electron chi connectivity index (χ0n) is 12.3. The molecular weight excluding hydrogens is 268 g/mol. The van der Waals surface area contributed by atoms with Crippen LogP contribution in [0.4, 0.5) is 5.82 Å². The molecule has 0 saturated heterocycles. The van der Waals surface area contributed by atoms with Crippen molar-refractivity contribution in [3.63, 3.8) is 0 Å². The van der Waals surface area contributed by atoms with Gasteiger partial charge in [-0.25, -0.2) is 9.78 Å². The summed E-state index contributed by atoms with van der Waals surface area (Å²) in [5.74, 6) is 0.794. The summed E-state index contributed by atoms with van der Waals surface area (Å²) in [5.41, 5.74) is 0.637. The second kappa shape index (κ2) is 6.88. The Morgan fingerprint density at radius 1 is 1.29 bits per heavy atom. The van der Waals surface area contributed by atoms with Gasteiger partial charge < -0.3 is 5.32 Å². The number of nitrogens with one attached hydrogen (secondary N) is 2. The molecule has 2 heterocycles. The monoisotopic (exact) mass is 288 g/mol. The standard InChI is InChI=1S/C15H20N4O2/c1-3-8-16-13-7-5-6-12(17-13)10-19-9-11(4-2)14(20)18-15(19)21/h5-7,9H,3-4,8,10H2,1-2H3,(H,16,17)(H,18,20,21). The first kappa shape index (κ1) is 15.0. The molecule has 6 nitrogen and oxygen atoms in total. The summed E-state index contributed by atoms with van der Waals surface area (Å²) in [5, 5.41) is 3.21. The number of aromatic amines is 1. The van der Waals surface area contributed by atoms with Crippen LogP contribution in [-0.2, 0) is 13.0 Å². The van der Waals surface area contributed by atoms with E-state index < -0.39 is 5.69 Å². The first-order valence-electron chi connectivity index (χ1n) is 7.16. The van der Waals surface area contributed by atoms with Gasteiger partial charge in [-0.2, -0.15) is 0 Å². The lowest BCUT2D eigenvalue weighted by molar-refractivity contribution is 0.694. The van der Waals surface area contributed by atoms with Gasteiger partial charge in [-0.15, -0.1) is 0 Å². The number of pyridine rings is 1. The Labute approximate surface area is 122 Å². The summed E-state index contributed by atoms with van der Waals surface area (Å²) in [7, 11) is 0. The molecule has 112 valence electrons. The topological polar surface area (TPSA) is 79.8 Å². The van der Waals surface area contributed by atoms with E-state index in [1.165, 1.54) is 4.57 Å². The van der Waals surface area contributed by atoms with Crippen LogP contribution in [-0.4, -0.2) is 21.1 Å². The van der Waals surface area contributed by atoms with Gasteiger partial charge in [0, 0.05) is 18.3 Å². The lowest BCUT2D eigenvalue weighted by atomic mass is 10.2. The summed E-state index contributed by atoms with van der Waals surface area (Å²) in [6.07, 6.45) is 3.21. The minimum absolute atomic E-state index is 0.315. The molecule has 0 aliphatic rings. The molecule has 2 rings (SSSR count). The fourth-order valence-electron chi connectivity index (χ4n) is 2.02. The number of anilines is 1. The Balaban J connectivity index is 2.26. The fraction of sp³-hybridized carbons (Fsp3) is 0.400. The van der Waals surface area contributed by atoms with Crippen molar-refractivity contribution in [2.45, 2.75) is 33.2 Å². The summed E-state index contributed by atoms with van der Waals surface area (Å²) in [6.45, 7) is 5.16. The molecule has 0 unspecified atom stereocenters. The van der Waals surface area contributed by atoms with Crippen molar-refractivity contribution in [3.05, 3.63) is 56.5 Å². The highest BCUT2D eigenvalue weighted by Crippen LogP contribution is 2.06. The SMILES string of the molecule is CCCNc1cccc(Cn2cc(CC)c(=O)[nH]c2=O)n1. The molecular formula is C15H20N4O2. The number of H-pyrrole nitrogens is 1. The average Bonchev–Trinajstić information content (AvgIpc) is 2.48. The number of hydrogen-bond acceptors (Lipinski definition) is 4. The summed E-state index contributed by atoms with van der Waals surface area (Å²) >= 11 is 0. The number of aryl methyl sites for hydroxylation is 1. The van der Waals surface area contributed by atoms with Gasteiger partial charge in [0.25, 0.3) is 5.56 Å². The van der Waals surface area contributed by atoms with Crippen LogP contribution in [0.3, 0.4) is 0 Å². The zero-order chi connectivity index (χ0) is 15.2. The summed E-state index contributed by atoms with van der Waals surface area (Å²) < 4.78 is 1.48. The molecule has 0 fully saturated rings. The summed E-state index contributed by atoms with van der Waals surface area (Å²) in [6, 6.07) is 5.66. The molecule has 0 amide bonds. The van der Waals surface area contributed by atoms with Crippen molar-refractivity contribution >= 4 is 5.82 Å². The van der Waals surface area contributed by atoms with Gasteiger partial charge in [-0.3, -0.25) is 14.3 Å². The van der Waals surface area contributed by atoms with E-state index in [1.807, 2.05) is 25.1 Å². The Hall–Kier alpha value is -2.37. The van der Waals surface area contributed by atoms with Gasteiger partial charge >= 0.3 is 5.69 Å². The number of nitrogens with zero attached hydrogens (tertiary/aromatic N) is 2. The van der Waals surface area contributed by atoms with Crippen LogP contribution in [0.1, 0.15) is 31.5 Å². The van der Waals surface area contributed by atoms with Gasteiger partial charge in [0.15, 0.2) is 0 Å². The molecule has 6 heteroatoms. The first-order chi connectivity index (χ1) is 10.1. The highest BCUT2D eigenvalue weighted by molar-refractivity contribution is 5.35. The highest BCUT2D eigenvalue weighted by Gasteiger charge is 2.05. The van der Waals surface area contributed by atoms with E-state index in [1.54, 1.807) is 6.20 Å². The van der Waals surface area contributed by atoms with Crippen molar-refractivity contribution in [2.24, 2.45) is 0 Å². The Morgan fingerprint density at radius 3 is 2.81 bits per heavy atom. The normalized spacial score (nSPS) is 10.6. The zero-order valence-corrected chi connectivity index (χ0v) is 12.3. The van der Waals surface area contributed by atoms with Gasteiger partial charge in [0.05, 0.1) is 12.2 Å². The van der Waals surface area contributed by atoms with Crippen LogP contribution < -0.4 is 16.6 Å². The van der Waals surface area contributed by atoms with Crippen molar-refractivity contribution in [2.75, 3.05) is 11.9 Å². The number of rotatable bonds is 6. The van der Waals surface area contributed by atoms with E-state index >= 15 is 0 Å². The molecule has 0 radical (unpaired) electrons. The minimum atomic E-state index is -0.411. The maximum absolute atomic E-state index is 11.8. The smallest absolute Gasteiger partial charge is 0.328 e. The molecule has 2 aromatic heterocycles. The lowest BCUT2D eigenvalue weighted by Gasteiger charge is -2.09. The van der Waals surface area contributed by atoms with E-state index in [-0.39, 0.29) is 5.56 Å². The highest BCUT2D eigenvalue weighted by atomic mass is 16.2. The van der Waals surface area contributed by atoms with E-state index in [0.29, 0.717) is 18.5 Å². The largest absolute Gasteiger partial charge is 0.370 e. The molecule has 2 N–H and O–H groups in total. The van der Waals surface area contributed by atoms with Crippen molar-refractivity contribution in [3.8, 4) is 0 Å². The van der Waals surface area contributed by atoms with E-state index in [9.17, 15) is 9.59 Å². The molecule has 0 aliphatic heterocycles. The Bertz CT molecular complexity index is 718. The van der Waals surface area contributed by atoms with Gasteiger partial charge in [-0.1, -0.05) is 19.9 Å².